The monoisotopic (exact) mass is 446 g/mol. The van der Waals surface area contributed by atoms with Crippen LogP contribution in [0.3, 0.4) is 0 Å². The van der Waals surface area contributed by atoms with Crippen LogP contribution in [0.5, 0.6) is 11.5 Å². The van der Waals surface area contributed by atoms with Crippen LogP contribution in [0.1, 0.15) is 33.4 Å². The number of hydrogen-bond donors (Lipinski definition) is 0. The normalized spacial score (nSPS) is 22.1. The molecule has 166 valence electrons. The first-order valence-corrected chi connectivity index (χ1v) is 11.5. The Morgan fingerprint density at radius 3 is 1.47 bits per heavy atom. The van der Waals surface area contributed by atoms with Gasteiger partial charge in [-0.05, 0) is 81.0 Å². The Bertz CT molecular complexity index is 1340. The van der Waals surface area contributed by atoms with E-state index in [9.17, 15) is 0 Å². The van der Waals surface area contributed by atoms with Crippen molar-refractivity contribution in [2.45, 2.75) is 13.2 Å². The molecule has 0 N–H and O–H groups in total. The Morgan fingerprint density at radius 1 is 0.500 bits per heavy atom. The summed E-state index contributed by atoms with van der Waals surface area (Å²) >= 11 is 0. The first-order chi connectivity index (χ1) is 16.9. The Kier molecular flexibility index (Phi) is 4.54. The first-order valence-electron chi connectivity index (χ1n) is 11.5. The van der Waals surface area contributed by atoms with Crippen molar-refractivity contribution in [2.75, 3.05) is 13.2 Å². The highest BCUT2D eigenvalue weighted by Crippen LogP contribution is 2.43. The lowest BCUT2D eigenvalue weighted by Gasteiger charge is -2.29. The molecule has 4 aliphatic heterocycles. The number of hydrogen-bond acceptors (Lipinski definition) is 4. The minimum atomic E-state index is 0.571. The molecule has 34 heavy (non-hydrogen) atoms. The molecule has 0 unspecified atom stereocenters. The molecule has 4 nitrogen and oxygen atoms in total. The van der Waals surface area contributed by atoms with Crippen molar-refractivity contribution in [1.82, 2.24) is 0 Å². The number of benzene rings is 3. The standard InChI is InChI=1S/C30H22O4/c1-3-7-29-23(5-1)21(9-11-33-29)27-17-31-15-19-14-26-20(13-25(19)27)16-32-18-28(26)22-10-12-34-30-8-4-2-6-24(22)30/h1-14H,15-18H2/b27-21+,28-22+. The highest BCUT2D eigenvalue weighted by atomic mass is 16.5. The van der Waals surface area contributed by atoms with Gasteiger partial charge in [-0.3, -0.25) is 0 Å². The molecule has 0 radical (unpaired) electrons. The van der Waals surface area contributed by atoms with Crippen molar-refractivity contribution < 1.29 is 18.9 Å². The van der Waals surface area contributed by atoms with Gasteiger partial charge in [-0.2, -0.15) is 0 Å². The van der Waals surface area contributed by atoms with Gasteiger partial charge in [0.05, 0.1) is 39.0 Å². The predicted molar refractivity (Wildman–Crippen MR) is 132 cm³/mol. The van der Waals surface area contributed by atoms with E-state index in [0.717, 1.165) is 33.8 Å². The third kappa shape index (κ3) is 3.07. The van der Waals surface area contributed by atoms with Crippen LogP contribution < -0.4 is 9.47 Å². The Morgan fingerprint density at radius 2 is 0.971 bits per heavy atom. The summed E-state index contributed by atoms with van der Waals surface area (Å²) < 4.78 is 23.7. The molecule has 0 saturated heterocycles. The lowest BCUT2D eigenvalue weighted by molar-refractivity contribution is 0.142. The molecule has 4 heterocycles. The zero-order valence-electron chi connectivity index (χ0n) is 18.5. The van der Waals surface area contributed by atoms with Gasteiger partial charge in [-0.1, -0.05) is 36.4 Å². The van der Waals surface area contributed by atoms with Crippen LogP contribution in [0.2, 0.25) is 0 Å². The summed E-state index contributed by atoms with van der Waals surface area (Å²) in [5.74, 6) is 1.75. The van der Waals surface area contributed by atoms with E-state index in [4.69, 9.17) is 18.9 Å². The quantitative estimate of drug-likeness (QED) is 0.402. The van der Waals surface area contributed by atoms with Crippen LogP contribution in [-0.2, 0) is 22.7 Å². The molecule has 4 aliphatic rings. The van der Waals surface area contributed by atoms with E-state index in [1.165, 1.54) is 33.4 Å². The second-order valence-electron chi connectivity index (χ2n) is 8.77. The Labute approximate surface area is 198 Å². The van der Waals surface area contributed by atoms with Crippen molar-refractivity contribution >= 4 is 22.3 Å². The van der Waals surface area contributed by atoms with Gasteiger partial charge in [0, 0.05) is 11.1 Å². The molecule has 3 aromatic rings. The minimum absolute atomic E-state index is 0.571. The average molecular weight is 447 g/mol. The van der Waals surface area contributed by atoms with E-state index >= 15 is 0 Å². The van der Waals surface area contributed by atoms with Gasteiger partial charge in [0.2, 0.25) is 0 Å². The van der Waals surface area contributed by atoms with Crippen LogP contribution in [0.4, 0.5) is 0 Å². The number of fused-ring (bicyclic) bond motifs is 4. The maximum Gasteiger partial charge on any atom is 0.134 e. The molecule has 0 aromatic heterocycles. The topological polar surface area (TPSA) is 36.9 Å². The maximum atomic E-state index is 6.09. The zero-order chi connectivity index (χ0) is 22.5. The summed E-state index contributed by atoms with van der Waals surface area (Å²) in [4.78, 5) is 0. The molecular formula is C30H22O4. The number of para-hydroxylation sites is 2. The van der Waals surface area contributed by atoms with E-state index in [1.807, 2.05) is 48.6 Å². The van der Waals surface area contributed by atoms with Crippen LogP contribution in [0, 0.1) is 0 Å². The highest BCUT2D eigenvalue weighted by Gasteiger charge is 2.27. The van der Waals surface area contributed by atoms with E-state index in [1.54, 1.807) is 12.5 Å². The van der Waals surface area contributed by atoms with E-state index in [-0.39, 0.29) is 0 Å². The van der Waals surface area contributed by atoms with Crippen molar-refractivity contribution in [2.24, 2.45) is 0 Å². The Hall–Kier alpha value is -3.86. The second kappa shape index (κ2) is 7.87. The fourth-order valence-electron chi connectivity index (χ4n) is 5.26. The van der Waals surface area contributed by atoms with Gasteiger partial charge in [0.25, 0.3) is 0 Å². The largest absolute Gasteiger partial charge is 0.464 e. The summed E-state index contributed by atoms with van der Waals surface area (Å²) in [6, 6.07) is 20.9. The smallest absolute Gasteiger partial charge is 0.134 e. The van der Waals surface area contributed by atoms with Crippen molar-refractivity contribution in [1.29, 1.82) is 0 Å². The van der Waals surface area contributed by atoms with Crippen LogP contribution in [-0.4, -0.2) is 13.2 Å². The van der Waals surface area contributed by atoms with Crippen LogP contribution >= 0.6 is 0 Å². The summed E-state index contributed by atoms with van der Waals surface area (Å²) in [7, 11) is 0. The highest BCUT2D eigenvalue weighted by molar-refractivity contribution is 6.01. The van der Waals surface area contributed by atoms with Gasteiger partial charge >= 0.3 is 0 Å². The minimum Gasteiger partial charge on any atom is -0.464 e. The third-order valence-electron chi connectivity index (χ3n) is 6.85. The van der Waals surface area contributed by atoms with Gasteiger partial charge in [0.15, 0.2) is 0 Å². The first kappa shape index (κ1) is 19.6. The molecule has 0 atom stereocenters. The molecule has 0 saturated carbocycles. The Balaban J connectivity index is 1.41. The number of rotatable bonds is 0. The van der Waals surface area contributed by atoms with Gasteiger partial charge in [0.1, 0.15) is 11.5 Å². The third-order valence-corrected chi connectivity index (χ3v) is 6.85. The lowest BCUT2D eigenvalue weighted by atomic mass is 9.84. The van der Waals surface area contributed by atoms with Crippen molar-refractivity contribution in [3.8, 4) is 11.5 Å². The molecule has 0 bridgehead atoms. The average Bonchev–Trinajstić information content (AvgIpc) is 2.91. The molecule has 7 rings (SSSR count). The fourth-order valence-corrected chi connectivity index (χ4v) is 5.26. The van der Waals surface area contributed by atoms with Gasteiger partial charge in [-0.15, -0.1) is 0 Å². The van der Waals surface area contributed by atoms with Gasteiger partial charge < -0.3 is 18.9 Å². The summed E-state index contributed by atoms with van der Waals surface area (Å²) in [6.07, 6.45) is 7.61. The van der Waals surface area contributed by atoms with Gasteiger partial charge in [-0.25, -0.2) is 0 Å². The summed E-state index contributed by atoms with van der Waals surface area (Å²) in [5.41, 5.74) is 11.7. The summed E-state index contributed by atoms with van der Waals surface area (Å²) in [6.45, 7) is 2.34. The number of ether oxygens (including phenoxy) is 4. The SMILES string of the molecule is C1=C/C(=C2/COCc3cc4c(cc32)COC/C4=C2/C=COc3ccccc32)c2ccccc2O1. The van der Waals surface area contributed by atoms with E-state index in [0.29, 0.717) is 26.4 Å². The van der Waals surface area contributed by atoms with E-state index < -0.39 is 0 Å². The zero-order valence-corrected chi connectivity index (χ0v) is 18.5. The molecule has 0 amide bonds. The lowest BCUT2D eigenvalue weighted by Crippen LogP contribution is -2.17. The maximum absolute atomic E-state index is 6.09. The molecule has 0 fully saturated rings. The van der Waals surface area contributed by atoms with Crippen molar-refractivity contribution in [3.63, 3.8) is 0 Å². The number of allylic oxidation sites excluding steroid dienone is 4. The summed E-state index contributed by atoms with van der Waals surface area (Å²) in [5, 5.41) is 0. The van der Waals surface area contributed by atoms with Crippen LogP contribution in [0.25, 0.3) is 22.3 Å². The van der Waals surface area contributed by atoms with Crippen LogP contribution in [0.15, 0.2) is 85.3 Å². The molecule has 3 aromatic carbocycles. The predicted octanol–water partition coefficient (Wildman–Crippen LogP) is 6.38. The van der Waals surface area contributed by atoms with E-state index in [2.05, 4.69) is 24.3 Å². The van der Waals surface area contributed by atoms with Crippen molar-refractivity contribution in [3.05, 3.63) is 119 Å². The second-order valence-corrected chi connectivity index (χ2v) is 8.77. The molecule has 0 aliphatic carbocycles. The molecule has 0 spiro atoms. The fraction of sp³-hybridized carbons (Fsp3) is 0.133. The molecular weight excluding hydrogens is 424 g/mol. The molecule has 4 heteroatoms.